The van der Waals surface area contributed by atoms with Crippen LogP contribution in [0.1, 0.15) is 18.7 Å². The summed E-state index contributed by atoms with van der Waals surface area (Å²) in [7, 11) is 0. The van der Waals surface area contributed by atoms with Gasteiger partial charge in [-0.3, -0.25) is 14.4 Å². The van der Waals surface area contributed by atoms with Gasteiger partial charge in [0.2, 0.25) is 0 Å². The maximum atomic E-state index is 4.51. The van der Waals surface area contributed by atoms with Gasteiger partial charge in [0, 0.05) is 24.2 Å². The second-order valence-electron chi connectivity index (χ2n) is 6.60. The van der Waals surface area contributed by atoms with E-state index in [1.54, 1.807) is 24.8 Å². The van der Waals surface area contributed by atoms with Crippen molar-refractivity contribution in [3.8, 4) is 11.3 Å². The average molecular weight is 361 g/mol. The Balaban J connectivity index is 1.38. The van der Waals surface area contributed by atoms with Gasteiger partial charge >= 0.3 is 0 Å². The van der Waals surface area contributed by atoms with Crippen LogP contribution in [0.5, 0.6) is 0 Å². The van der Waals surface area contributed by atoms with Gasteiger partial charge in [0.05, 0.1) is 42.7 Å². The molecule has 5 rings (SSSR count). The van der Waals surface area contributed by atoms with Gasteiger partial charge in [-0.15, -0.1) is 0 Å². The predicted octanol–water partition coefficient (Wildman–Crippen LogP) is 2.25. The molecule has 0 atom stereocenters. The summed E-state index contributed by atoms with van der Waals surface area (Å²) in [6.45, 7) is 3.07. The lowest BCUT2D eigenvalue weighted by Crippen LogP contribution is -2.19. The molecule has 1 saturated heterocycles. The van der Waals surface area contributed by atoms with Crippen LogP contribution in [0.25, 0.3) is 16.9 Å². The summed E-state index contributed by atoms with van der Waals surface area (Å²) >= 11 is 0. The van der Waals surface area contributed by atoms with Crippen molar-refractivity contribution in [2.75, 3.05) is 18.4 Å². The first-order valence-electron chi connectivity index (χ1n) is 8.98. The first-order chi connectivity index (χ1) is 13.4. The number of imidazole rings is 1. The Kier molecular flexibility index (Phi) is 3.98. The van der Waals surface area contributed by atoms with Crippen LogP contribution in [0.4, 0.5) is 11.5 Å². The zero-order chi connectivity index (χ0) is 18.1. The molecule has 0 aromatic carbocycles. The van der Waals surface area contributed by atoms with Crippen LogP contribution in [0.15, 0.2) is 43.4 Å². The lowest BCUT2D eigenvalue weighted by Gasteiger charge is -2.13. The van der Waals surface area contributed by atoms with Gasteiger partial charge in [0.25, 0.3) is 0 Å². The van der Waals surface area contributed by atoms with Gasteiger partial charge in [0.15, 0.2) is 11.5 Å². The number of rotatable bonds is 5. The van der Waals surface area contributed by atoms with E-state index in [9.17, 15) is 0 Å². The van der Waals surface area contributed by atoms with E-state index in [0.29, 0.717) is 5.82 Å². The van der Waals surface area contributed by atoms with Crippen LogP contribution in [0, 0.1) is 0 Å². The van der Waals surface area contributed by atoms with Crippen molar-refractivity contribution in [2.24, 2.45) is 0 Å². The summed E-state index contributed by atoms with van der Waals surface area (Å²) in [4.78, 5) is 20.3. The zero-order valence-corrected chi connectivity index (χ0v) is 14.7. The standard InChI is InChI=1S/C18H19N9/c1-2-5-26(4-1)12-16-20-9-14(10-21-16)25-17-18-22-11-15(13-7-23-24-8-13)27(18)6-3-19-17/h3,6-11H,1-2,4-5,12H2,(H,19,25)(H,23,24). The van der Waals surface area contributed by atoms with Gasteiger partial charge in [-0.2, -0.15) is 5.10 Å². The molecular formula is C18H19N9. The molecule has 27 heavy (non-hydrogen) atoms. The highest BCUT2D eigenvalue weighted by Crippen LogP contribution is 2.24. The topological polar surface area (TPSA) is 99.9 Å². The largest absolute Gasteiger partial charge is 0.335 e. The Morgan fingerprint density at radius 2 is 1.85 bits per heavy atom. The Labute approximate surface area is 155 Å². The van der Waals surface area contributed by atoms with E-state index in [1.807, 2.05) is 23.0 Å². The van der Waals surface area contributed by atoms with E-state index < -0.39 is 0 Å². The minimum absolute atomic E-state index is 0.656. The van der Waals surface area contributed by atoms with E-state index in [1.165, 1.54) is 12.8 Å². The summed E-state index contributed by atoms with van der Waals surface area (Å²) in [6.07, 6.45) is 15.2. The van der Waals surface area contributed by atoms with Crippen LogP contribution in [0.3, 0.4) is 0 Å². The van der Waals surface area contributed by atoms with Gasteiger partial charge in [0.1, 0.15) is 5.82 Å². The Bertz CT molecular complexity index is 1030. The minimum atomic E-state index is 0.656. The molecule has 0 bridgehead atoms. The molecule has 1 aliphatic heterocycles. The highest BCUT2D eigenvalue weighted by molar-refractivity contribution is 5.73. The lowest BCUT2D eigenvalue weighted by atomic mass is 10.3. The van der Waals surface area contributed by atoms with Crippen molar-refractivity contribution in [1.29, 1.82) is 0 Å². The Morgan fingerprint density at radius 1 is 1.00 bits per heavy atom. The Hall–Kier alpha value is -3.33. The molecule has 0 aliphatic carbocycles. The molecule has 0 radical (unpaired) electrons. The third kappa shape index (κ3) is 3.13. The molecule has 0 unspecified atom stereocenters. The molecule has 1 aliphatic rings. The van der Waals surface area contributed by atoms with E-state index in [4.69, 9.17) is 0 Å². The van der Waals surface area contributed by atoms with Crippen molar-refractivity contribution < 1.29 is 0 Å². The first kappa shape index (κ1) is 15.9. The fraction of sp³-hybridized carbons (Fsp3) is 0.278. The summed E-state index contributed by atoms with van der Waals surface area (Å²) in [5, 5.41) is 10.1. The molecule has 0 amide bonds. The summed E-state index contributed by atoms with van der Waals surface area (Å²) < 4.78 is 1.97. The number of fused-ring (bicyclic) bond motifs is 1. The average Bonchev–Trinajstić information content (AvgIpc) is 3.45. The monoisotopic (exact) mass is 361 g/mol. The molecule has 2 N–H and O–H groups in total. The SMILES string of the molecule is c1cn2c(-c3cn[nH]c3)cnc2c(Nc2cnc(CN3CCCC3)nc2)n1. The lowest BCUT2D eigenvalue weighted by molar-refractivity contribution is 0.322. The molecule has 0 saturated carbocycles. The normalized spacial score (nSPS) is 14.8. The van der Waals surface area contributed by atoms with Crippen LogP contribution in [-0.4, -0.2) is 52.5 Å². The molecule has 1 fully saturated rings. The maximum absolute atomic E-state index is 4.51. The number of hydrogen-bond acceptors (Lipinski definition) is 7. The first-order valence-corrected chi connectivity index (χ1v) is 8.98. The van der Waals surface area contributed by atoms with Gasteiger partial charge in [-0.25, -0.2) is 19.9 Å². The number of aromatic nitrogens is 7. The summed E-state index contributed by atoms with van der Waals surface area (Å²) in [6, 6.07) is 0. The summed E-state index contributed by atoms with van der Waals surface area (Å²) in [5.74, 6) is 1.50. The zero-order valence-electron chi connectivity index (χ0n) is 14.7. The number of H-pyrrole nitrogens is 1. The fourth-order valence-electron chi connectivity index (χ4n) is 3.39. The van der Waals surface area contributed by atoms with Crippen molar-refractivity contribution in [1.82, 2.24) is 39.4 Å². The minimum Gasteiger partial charge on any atom is -0.335 e. The number of aromatic amines is 1. The van der Waals surface area contributed by atoms with Crippen LogP contribution in [-0.2, 0) is 6.54 Å². The molecule has 136 valence electrons. The van der Waals surface area contributed by atoms with Crippen LogP contribution >= 0.6 is 0 Å². The van der Waals surface area contributed by atoms with Gasteiger partial charge in [-0.1, -0.05) is 0 Å². The third-order valence-electron chi connectivity index (χ3n) is 4.75. The molecule has 9 heteroatoms. The van der Waals surface area contributed by atoms with Crippen molar-refractivity contribution in [3.05, 3.63) is 49.2 Å². The number of nitrogens with zero attached hydrogens (tertiary/aromatic N) is 7. The van der Waals surface area contributed by atoms with Gasteiger partial charge < -0.3 is 5.32 Å². The molecule has 4 aromatic heterocycles. The number of likely N-dealkylation sites (tertiary alicyclic amines) is 1. The van der Waals surface area contributed by atoms with E-state index in [-0.39, 0.29) is 0 Å². The quantitative estimate of drug-likeness (QED) is 0.562. The van der Waals surface area contributed by atoms with Gasteiger partial charge in [-0.05, 0) is 25.9 Å². The second-order valence-corrected chi connectivity index (χ2v) is 6.60. The van der Waals surface area contributed by atoms with E-state index in [0.717, 1.165) is 48.1 Å². The molecule has 0 spiro atoms. The maximum Gasteiger partial charge on any atom is 0.180 e. The van der Waals surface area contributed by atoms with E-state index >= 15 is 0 Å². The van der Waals surface area contributed by atoms with Crippen molar-refractivity contribution in [3.63, 3.8) is 0 Å². The van der Waals surface area contributed by atoms with Crippen LogP contribution < -0.4 is 5.32 Å². The molecule has 9 nitrogen and oxygen atoms in total. The highest BCUT2D eigenvalue weighted by Gasteiger charge is 2.14. The smallest absolute Gasteiger partial charge is 0.180 e. The third-order valence-corrected chi connectivity index (χ3v) is 4.75. The molecular weight excluding hydrogens is 342 g/mol. The summed E-state index contributed by atoms with van der Waals surface area (Å²) in [5.41, 5.74) is 3.43. The molecule has 4 aromatic rings. The second kappa shape index (κ2) is 6.76. The number of hydrogen-bond donors (Lipinski definition) is 2. The fourth-order valence-corrected chi connectivity index (χ4v) is 3.39. The van der Waals surface area contributed by atoms with Crippen molar-refractivity contribution >= 4 is 17.2 Å². The van der Waals surface area contributed by atoms with Crippen molar-refractivity contribution in [2.45, 2.75) is 19.4 Å². The Morgan fingerprint density at radius 3 is 2.63 bits per heavy atom. The number of nitrogens with one attached hydrogen (secondary N) is 2. The number of anilines is 2. The van der Waals surface area contributed by atoms with E-state index in [2.05, 4.69) is 40.3 Å². The van der Waals surface area contributed by atoms with Crippen LogP contribution in [0.2, 0.25) is 0 Å². The predicted molar refractivity (Wildman–Crippen MR) is 100 cm³/mol. The molecule has 5 heterocycles. The highest BCUT2D eigenvalue weighted by atomic mass is 15.2.